The first-order chi connectivity index (χ1) is 41.4. The quantitative estimate of drug-likeness (QED) is 0.0451. The van der Waals surface area contributed by atoms with Crippen molar-refractivity contribution in [3.8, 4) is 17.2 Å². The van der Waals surface area contributed by atoms with Gasteiger partial charge in [-0.3, -0.25) is 29.0 Å². The summed E-state index contributed by atoms with van der Waals surface area (Å²) in [5.41, 5.74) is 5.79. The number of carbonyl (C=O) groups is 7. The minimum absolute atomic E-state index is 0.0163. The molecule has 6 atom stereocenters. The van der Waals surface area contributed by atoms with Crippen LogP contribution in [0.3, 0.4) is 0 Å². The number of aliphatic hydroxyl groups excluding tert-OH is 1. The second-order valence-electron chi connectivity index (χ2n) is 23.4. The van der Waals surface area contributed by atoms with Crippen LogP contribution in [-0.2, 0) is 36.8 Å². The molecule has 2 saturated heterocycles. The second-order valence-corrected chi connectivity index (χ2v) is 23.4. The molecule has 5 aliphatic heterocycles. The molecule has 3 fully saturated rings. The molecule has 1 aliphatic carbocycles. The van der Waals surface area contributed by atoms with Gasteiger partial charge in [0.15, 0.2) is 23.5 Å². The normalized spacial score (nSPS) is 20.5. The van der Waals surface area contributed by atoms with Gasteiger partial charge in [0, 0.05) is 44.3 Å². The molecule has 2 N–H and O–H groups in total. The van der Waals surface area contributed by atoms with E-state index in [1.54, 1.807) is 65.3 Å². The zero-order chi connectivity index (χ0) is 61.0. The summed E-state index contributed by atoms with van der Waals surface area (Å²) in [4.78, 5) is 105. The van der Waals surface area contributed by atoms with Gasteiger partial charge in [0.25, 0.3) is 11.8 Å². The zero-order valence-electron chi connectivity index (χ0n) is 49.5. The zero-order valence-corrected chi connectivity index (χ0v) is 49.5. The highest BCUT2D eigenvalue weighted by Gasteiger charge is 2.58. The van der Waals surface area contributed by atoms with Crippen LogP contribution in [-0.4, -0.2) is 145 Å². The standard InChI is InChI=1S/C66H76N6O14/c1-8-25-84-63(78)68-24-11-13-50(68)59(74)67-58(41(5)10-3)54(73)30-43-16-18-44(19-17-43)38-86-65(80)72-52-34-55(42(6)29-48(52)61(76)71-39-66(22-23-66)35-53(71)62(72)77)82-27-12-28-83-57-33-51-49(32-56(57)81-7)60(75)69-36-46(45-20-14-40(4)15-21-45)31-47(69)37-70(51)64(79)85-26-9-2/h8-9,14-21,29,32-34,36,41,47,50,53,58,62,77H,1-2,10-13,22-28,30-31,35,37-39H2,3-7H3,(H,67,74)/t41-,47-,50-,53-,58-,62?/m0/s1. The lowest BCUT2D eigenvalue weighted by Crippen LogP contribution is -2.53. The fourth-order valence-electron chi connectivity index (χ4n) is 12.3. The molecule has 20 heteroatoms. The Morgan fingerprint density at radius 1 is 0.814 bits per heavy atom. The van der Waals surface area contributed by atoms with Gasteiger partial charge in [0.2, 0.25) is 5.91 Å². The highest BCUT2D eigenvalue weighted by Crippen LogP contribution is 2.57. The Bertz CT molecular complexity index is 3320. The van der Waals surface area contributed by atoms with Gasteiger partial charge in [0.1, 0.15) is 31.6 Å². The fraction of sp³-hybridized carbons (Fsp3) is 0.439. The van der Waals surface area contributed by atoms with Gasteiger partial charge in [0.05, 0.1) is 67.5 Å². The van der Waals surface area contributed by atoms with E-state index in [4.69, 9.17) is 28.4 Å². The summed E-state index contributed by atoms with van der Waals surface area (Å²) in [7, 11) is 1.47. The molecular formula is C66H76N6O14. The van der Waals surface area contributed by atoms with E-state index >= 15 is 0 Å². The predicted molar refractivity (Wildman–Crippen MR) is 320 cm³/mol. The number of aryl methyl sites for hydroxylation is 2. The lowest BCUT2D eigenvalue weighted by molar-refractivity contribution is -0.131. The third-order valence-electron chi connectivity index (χ3n) is 17.4. The van der Waals surface area contributed by atoms with E-state index in [1.807, 2.05) is 51.2 Å². The topological polar surface area (TPSA) is 223 Å². The molecule has 4 aromatic carbocycles. The Balaban J connectivity index is 0.806. The highest BCUT2D eigenvalue weighted by molar-refractivity contribution is 6.08. The summed E-state index contributed by atoms with van der Waals surface area (Å²) in [5.74, 6) is -0.467. The molecular weight excluding hydrogens is 1100 g/mol. The minimum atomic E-state index is -1.44. The van der Waals surface area contributed by atoms with Gasteiger partial charge in [-0.1, -0.05) is 99.7 Å². The number of likely N-dealkylation sites (tertiary alicyclic amines) is 1. The van der Waals surface area contributed by atoms with Gasteiger partial charge < -0.3 is 48.6 Å². The maximum Gasteiger partial charge on any atom is 0.416 e. The first-order valence-electron chi connectivity index (χ1n) is 29.6. The van der Waals surface area contributed by atoms with E-state index in [9.17, 15) is 38.7 Å². The smallest absolute Gasteiger partial charge is 0.416 e. The number of fused-ring (bicyclic) bond motifs is 4. The monoisotopic (exact) mass is 1180 g/mol. The number of rotatable bonds is 21. The summed E-state index contributed by atoms with van der Waals surface area (Å²) in [5, 5.41) is 15.1. The maximum atomic E-state index is 14.5. The summed E-state index contributed by atoms with van der Waals surface area (Å²) < 4.78 is 35.1. The van der Waals surface area contributed by atoms with E-state index in [2.05, 4.69) is 18.5 Å². The lowest BCUT2D eigenvalue weighted by atomic mass is 9.91. The highest BCUT2D eigenvalue weighted by atomic mass is 16.6. The van der Waals surface area contributed by atoms with E-state index in [0.717, 1.165) is 34.4 Å². The first-order valence-corrected chi connectivity index (χ1v) is 29.6. The molecule has 86 heavy (non-hydrogen) atoms. The van der Waals surface area contributed by atoms with Gasteiger partial charge in [-0.15, -0.1) is 0 Å². The maximum absolute atomic E-state index is 14.5. The average molecular weight is 1180 g/mol. The molecule has 20 nitrogen and oxygen atoms in total. The van der Waals surface area contributed by atoms with E-state index in [1.165, 1.54) is 29.1 Å². The summed E-state index contributed by atoms with van der Waals surface area (Å²) in [6.45, 7) is 16.0. The lowest BCUT2D eigenvalue weighted by Gasteiger charge is -2.31. The Labute approximate surface area is 501 Å². The van der Waals surface area contributed by atoms with Crippen molar-refractivity contribution in [1.82, 2.24) is 20.0 Å². The van der Waals surface area contributed by atoms with Crippen LogP contribution in [0.25, 0.3) is 5.57 Å². The van der Waals surface area contributed by atoms with Crippen LogP contribution in [0.1, 0.15) is 114 Å². The molecule has 1 spiro atoms. The number of nitrogens with one attached hydrogen (secondary N) is 1. The third-order valence-corrected chi connectivity index (χ3v) is 17.4. The molecule has 5 heterocycles. The van der Waals surface area contributed by atoms with Crippen molar-refractivity contribution in [2.24, 2.45) is 11.3 Å². The molecule has 1 saturated carbocycles. The number of Topliss-reactive ketones (excluding diaryl/α,β-unsaturated/α-hetero) is 1. The fourth-order valence-corrected chi connectivity index (χ4v) is 12.3. The van der Waals surface area contributed by atoms with Crippen LogP contribution in [0.4, 0.5) is 25.8 Å². The number of carbonyl (C=O) groups excluding carboxylic acids is 7. The average Bonchev–Trinajstić information content (AvgIpc) is 1.60. The van der Waals surface area contributed by atoms with Crippen molar-refractivity contribution in [1.29, 1.82) is 0 Å². The molecule has 6 aliphatic rings. The van der Waals surface area contributed by atoms with Crippen LogP contribution < -0.4 is 29.3 Å². The van der Waals surface area contributed by atoms with Crippen molar-refractivity contribution in [3.05, 3.63) is 143 Å². The number of ketones is 1. The van der Waals surface area contributed by atoms with E-state index in [0.29, 0.717) is 79.7 Å². The largest absolute Gasteiger partial charge is 0.493 e. The Morgan fingerprint density at radius 2 is 1.49 bits per heavy atom. The van der Waals surface area contributed by atoms with Gasteiger partial charge >= 0.3 is 18.3 Å². The van der Waals surface area contributed by atoms with Crippen LogP contribution in [0.15, 0.2) is 104 Å². The van der Waals surface area contributed by atoms with Crippen LogP contribution in [0.2, 0.25) is 0 Å². The van der Waals surface area contributed by atoms with Crippen molar-refractivity contribution in [2.75, 3.05) is 63.0 Å². The van der Waals surface area contributed by atoms with Crippen molar-refractivity contribution in [3.63, 3.8) is 0 Å². The van der Waals surface area contributed by atoms with Gasteiger partial charge in [-0.05, 0) is 104 Å². The summed E-state index contributed by atoms with van der Waals surface area (Å²) in [6, 6.07) is 19.0. The number of amides is 6. The molecule has 10 rings (SSSR count). The number of nitrogens with zero attached hydrogens (tertiary/aromatic N) is 5. The second kappa shape index (κ2) is 25.9. The molecule has 6 amide bonds. The number of methoxy groups -OCH3 is 1. The third kappa shape index (κ3) is 12.7. The Hall–Kier alpha value is -8.65. The molecule has 4 aromatic rings. The molecule has 0 radical (unpaired) electrons. The molecule has 1 unspecified atom stereocenters. The number of ether oxygens (including phenoxy) is 6. The van der Waals surface area contributed by atoms with Crippen LogP contribution in [0.5, 0.6) is 17.2 Å². The molecule has 0 bridgehead atoms. The van der Waals surface area contributed by atoms with E-state index < -0.39 is 48.5 Å². The van der Waals surface area contributed by atoms with Crippen molar-refractivity contribution in [2.45, 2.75) is 122 Å². The number of aliphatic hydroxyl groups is 1. The van der Waals surface area contributed by atoms with Crippen LogP contribution in [0, 0.1) is 25.2 Å². The van der Waals surface area contributed by atoms with Crippen molar-refractivity contribution >= 4 is 58.7 Å². The number of hydrogen-bond acceptors (Lipinski definition) is 14. The summed E-state index contributed by atoms with van der Waals surface area (Å²) in [6.07, 6.45) is 6.18. The Kier molecular flexibility index (Phi) is 18.2. The van der Waals surface area contributed by atoms with Crippen LogP contribution >= 0.6 is 0 Å². The number of anilines is 2. The molecule has 0 aromatic heterocycles. The molecule has 454 valence electrons. The van der Waals surface area contributed by atoms with Crippen molar-refractivity contribution < 1.29 is 67.1 Å². The number of hydrogen-bond donors (Lipinski definition) is 2. The van der Waals surface area contributed by atoms with Gasteiger partial charge in [-0.2, -0.15) is 0 Å². The summed E-state index contributed by atoms with van der Waals surface area (Å²) >= 11 is 0. The SMILES string of the molecule is C=CCOC(=O)N1C[C@@H]2CC(c3ccc(C)cc3)=CN2C(=O)c2cc(OC)c(OCCCOc3cc4c(cc3C)C(=O)N3CC5(CC5)C[C@H]3C(O)N4C(=O)OCc3ccc(CC(=O)[C@@H](NC(=O)[C@@H]4CCCN4C(=O)OCC=C)[C@@H](C)CC)cc3)cc21. The first kappa shape index (κ1) is 60.5. The minimum Gasteiger partial charge on any atom is -0.493 e. The predicted octanol–water partition coefficient (Wildman–Crippen LogP) is 9.46. The van der Waals surface area contributed by atoms with Gasteiger partial charge in [-0.25, -0.2) is 19.3 Å². The van der Waals surface area contributed by atoms with E-state index in [-0.39, 0.29) is 109 Å². The Morgan fingerprint density at radius 3 is 2.17 bits per heavy atom. The number of benzene rings is 4.